The first-order valence-corrected chi connectivity index (χ1v) is 11.8. The summed E-state index contributed by atoms with van der Waals surface area (Å²) in [6.45, 7) is 3.99. The van der Waals surface area contributed by atoms with Gasteiger partial charge in [0.25, 0.3) is 5.56 Å². The molecule has 0 spiro atoms. The van der Waals surface area contributed by atoms with E-state index in [4.69, 9.17) is 14.8 Å². The van der Waals surface area contributed by atoms with Gasteiger partial charge in [-0.3, -0.25) is 4.79 Å². The SMILES string of the molecule is COc1cc(N2CCCNCC2)ccc1-c1nc2c(c(C3CCCCC3)nn2C)c(=O)[nH]1. The third-order valence-corrected chi connectivity index (χ3v) is 6.86. The molecule has 8 nitrogen and oxygen atoms in total. The van der Waals surface area contributed by atoms with Crippen LogP contribution < -0.4 is 20.5 Å². The number of aromatic nitrogens is 4. The number of ether oxygens (including phenoxy) is 1. The molecule has 1 saturated heterocycles. The molecule has 0 radical (unpaired) electrons. The molecule has 3 heterocycles. The molecule has 0 bridgehead atoms. The minimum Gasteiger partial charge on any atom is -0.496 e. The fraction of sp³-hybridized carbons (Fsp3) is 0.542. The van der Waals surface area contributed by atoms with Gasteiger partial charge in [-0.15, -0.1) is 0 Å². The molecule has 1 aliphatic heterocycles. The van der Waals surface area contributed by atoms with Crippen LogP contribution in [0.1, 0.15) is 50.1 Å². The Morgan fingerprint density at radius 1 is 1.09 bits per heavy atom. The molecule has 32 heavy (non-hydrogen) atoms. The van der Waals surface area contributed by atoms with E-state index in [2.05, 4.69) is 21.3 Å². The zero-order chi connectivity index (χ0) is 22.1. The van der Waals surface area contributed by atoms with Gasteiger partial charge in [0.05, 0.1) is 18.4 Å². The molecule has 1 saturated carbocycles. The van der Waals surface area contributed by atoms with Crippen molar-refractivity contribution in [3.8, 4) is 17.1 Å². The Kier molecular flexibility index (Phi) is 5.87. The van der Waals surface area contributed by atoms with Crippen molar-refractivity contribution in [3.05, 3.63) is 34.2 Å². The molecule has 170 valence electrons. The summed E-state index contributed by atoms with van der Waals surface area (Å²) in [5.74, 6) is 1.57. The summed E-state index contributed by atoms with van der Waals surface area (Å²) in [6, 6.07) is 6.13. The van der Waals surface area contributed by atoms with Gasteiger partial charge in [0.15, 0.2) is 5.65 Å². The van der Waals surface area contributed by atoms with Crippen molar-refractivity contribution >= 4 is 16.7 Å². The number of nitrogens with one attached hydrogen (secondary N) is 2. The molecule has 5 rings (SSSR count). The summed E-state index contributed by atoms with van der Waals surface area (Å²) in [7, 11) is 3.53. The van der Waals surface area contributed by atoms with E-state index in [0.717, 1.165) is 62.4 Å². The van der Waals surface area contributed by atoms with Crippen LogP contribution in [0.3, 0.4) is 0 Å². The van der Waals surface area contributed by atoms with Gasteiger partial charge < -0.3 is 19.9 Å². The van der Waals surface area contributed by atoms with Crippen molar-refractivity contribution in [1.82, 2.24) is 25.1 Å². The van der Waals surface area contributed by atoms with Crippen LogP contribution in [0.4, 0.5) is 5.69 Å². The van der Waals surface area contributed by atoms with Crippen LogP contribution in [0.25, 0.3) is 22.4 Å². The third-order valence-electron chi connectivity index (χ3n) is 6.86. The number of nitrogens with zero attached hydrogens (tertiary/aromatic N) is 4. The molecule has 2 fully saturated rings. The number of hydrogen-bond acceptors (Lipinski definition) is 6. The maximum absolute atomic E-state index is 13.2. The van der Waals surface area contributed by atoms with Crippen molar-refractivity contribution in [2.75, 3.05) is 38.2 Å². The second-order valence-electron chi connectivity index (χ2n) is 8.93. The first-order chi connectivity index (χ1) is 15.7. The van der Waals surface area contributed by atoms with Gasteiger partial charge in [-0.25, -0.2) is 9.67 Å². The average molecular weight is 437 g/mol. The zero-order valence-corrected chi connectivity index (χ0v) is 19.0. The summed E-state index contributed by atoms with van der Waals surface area (Å²) in [5.41, 5.74) is 3.32. The highest BCUT2D eigenvalue weighted by atomic mass is 16.5. The van der Waals surface area contributed by atoms with Crippen LogP contribution in [-0.4, -0.2) is 53.0 Å². The van der Waals surface area contributed by atoms with E-state index in [1.54, 1.807) is 11.8 Å². The number of methoxy groups -OCH3 is 1. The van der Waals surface area contributed by atoms with Crippen molar-refractivity contribution in [2.24, 2.45) is 7.05 Å². The van der Waals surface area contributed by atoms with Crippen LogP contribution in [0.15, 0.2) is 23.0 Å². The maximum atomic E-state index is 13.2. The smallest absolute Gasteiger partial charge is 0.262 e. The Morgan fingerprint density at radius 2 is 1.94 bits per heavy atom. The molecule has 0 unspecified atom stereocenters. The van der Waals surface area contributed by atoms with Gasteiger partial charge in [0.2, 0.25) is 0 Å². The molecule has 2 aromatic heterocycles. The second kappa shape index (κ2) is 8.94. The van der Waals surface area contributed by atoms with Crippen LogP contribution in [0, 0.1) is 0 Å². The third kappa shape index (κ3) is 3.88. The van der Waals surface area contributed by atoms with Crippen LogP contribution in [0.2, 0.25) is 0 Å². The highest BCUT2D eigenvalue weighted by molar-refractivity contribution is 5.81. The lowest BCUT2D eigenvalue weighted by molar-refractivity contribution is 0.416. The molecule has 0 amide bonds. The van der Waals surface area contributed by atoms with E-state index in [1.165, 1.54) is 19.3 Å². The quantitative estimate of drug-likeness (QED) is 0.653. The molecule has 0 atom stereocenters. The standard InChI is InChI=1S/C24H32N6O2/c1-29-23-20(21(28-29)16-7-4-3-5-8-16)24(31)27-22(26-23)18-10-9-17(15-19(18)32-2)30-13-6-11-25-12-14-30/h9-10,15-16,25H,3-8,11-14H2,1-2H3,(H,26,27,31). The number of fused-ring (bicyclic) bond motifs is 1. The fourth-order valence-electron chi connectivity index (χ4n) is 5.15. The summed E-state index contributed by atoms with van der Waals surface area (Å²) in [4.78, 5) is 23.4. The number of hydrogen-bond donors (Lipinski definition) is 2. The molecular formula is C24H32N6O2. The summed E-state index contributed by atoms with van der Waals surface area (Å²) in [6.07, 6.45) is 6.96. The topological polar surface area (TPSA) is 88.1 Å². The minimum absolute atomic E-state index is 0.122. The lowest BCUT2D eigenvalue weighted by Crippen LogP contribution is -2.27. The highest BCUT2D eigenvalue weighted by Gasteiger charge is 2.25. The van der Waals surface area contributed by atoms with Gasteiger partial charge in [-0.2, -0.15) is 5.10 Å². The van der Waals surface area contributed by atoms with E-state index in [0.29, 0.717) is 28.5 Å². The Balaban J connectivity index is 1.54. The lowest BCUT2D eigenvalue weighted by Gasteiger charge is -2.23. The van der Waals surface area contributed by atoms with Crippen molar-refractivity contribution < 1.29 is 4.74 Å². The highest BCUT2D eigenvalue weighted by Crippen LogP contribution is 2.36. The predicted octanol–water partition coefficient (Wildman–Crippen LogP) is 3.18. The summed E-state index contributed by atoms with van der Waals surface area (Å²) in [5, 5.41) is 8.80. The first kappa shape index (κ1) is 21.0. The van der Waals surface area contributed by atoms with Gasteiger partial charge in [-0.1, -0.05) is 19.3 Å². The second-order valence-corrected chi connectivity index (χ2v) is 8.93. The van der Waals surface area contributed by atoms with Crippen LogP contribution in [0.5, 0.6) is 5.75 Å². The van der Waals surface area contributed by atoms with Gasteiger partial charge in [0, 0.05) is 44.4 Å². The average Bonchev–Trinajstić information content (AvgIpc) is 2.99. The van der Waals surface area contributed by atoms with E-state index < -0.39 is 0 Å². The Bertz CT molecular complexity index is 1150. The molecule has 2 N–H and O–H groups in total. The normalized spacial score (nSPS) is 18.1. The first-order valence-electron chi connectivity index (χ1n) is 11.8. The number of benzene rings is 1. The van der Waals surface area contributed by atoms with Crippen molar-refractivity contribution in [1.29, 1.82) is 0 Å². The monoisotopic (exact) mass is 436 g/mol. The molecule has 1 aromatic carbocycles. The van der Waals surface area contributed by atoms with Gasteiger partial charge >= 0.3 is 0 Å². The number of rotatable bonds is 4. The van der Waals surface area contributed by atoms with Gasteiger partial charge in [0.1, 0.15) is 17.0 Å². The zero-order valence-electron chi connectivity index (χ0n) is 19.0. The molecule has 2 aliphatic rings. The van der Waals surface area contributed by atoms with E-state index in [9.17, 15) is 4.79 Å². The van der Waals surface area contributed by atoms with Gasteiger partial charge in [-0.05, 0) is 37.9 Å². The predicted molar refractivity (Wildman–Crippen MR) is 127 cm³/mol. The molecule has 8 heteroatoms. The lowest BCUT2D eigenvalue weighted by atomic mass is 9.86. The number of anilines is 1. The van der Waals surface area contributed by atoms with Crippen LogP contribution in [-0.2, 0) is 7.05 Å². The summed E-state index contributed by atoms with van der Waals surface area (Å²) < 4.78 is 7.47. The number of H-pyrrole nitrogens is 1. The Hall–Kier alpha value is -2.87. The minimum atomic E-state index is -0.122. The molecular weight excluding hydrogens is 404 g/mol. The van der Waals surface area contributed by atoms with Crippen molar-refractivity contribution in [3.63, 3.8) is 0 Å². The molecule has 3 aromatic rings. The maximum Gasteiger partial charge on any atom is 0.262 e. The van der Waals surface area contributed by atoms with Crippen molar-refractivity contribution in [2.45, 2.75) is 44.4 Å². The number of aromatic amines is 1. The van der Waals surface area contributed by atoms with E-state index in [-0.39, 0.29) is 5.56 Å². The van der Waals surface area contributed by atoms with Crippen LogP contribution >= 0.6 is 0 Å². The number of aryl methyl sites for hydroxylation is 1. The van der Waals surface area contributed by atoms with E-state index in [1.807, 2.05) is 19.2 Å². The fourth-order valence-corrected chi connectivity index (χ4v) is 5.15. The molecule has 1 aliphatic carbocycles. The Labute approximate surface area is 188 Å². The summed E-state index contributed by atoms with van der Waals surface area (Å²) >= 11 is 0. The Morgan fingerprint density at radius 3 is 2.75 bits per heavy atom. The largest absolute Gasteiger partial charge is 0.496 e. The van der Waals surface area contributed by atoms with E-state index >= 15 is 0 Å².